The Labute approximate surface area is 120 Å². The third-order valence-electron chi connectivity index (χ3n) is 3.39. The minimum atomic E-state index is -0.543. The molecule has 0 N–H and O–H groups in total. The monoisotopic (exact) mass is 287 g/mol. The average molecular weight is 287 g/mol. The lowest BCUT2D eigenvalue weighted by atomic mass is 10.2. The number of rotatable bonds is 6. The van der Waals surface area contributed by atoms with Gasteiger partial charge in [0.05, 0.1) is 28.7 Å². The zero-order valence-corrected chi connectivity index (χ0v) is 11.1. The number of carbonyl (C=O) groups is 1. The molecule has 1 aliphatic carbocycles. The number of nitro groups is 1. The fourth-order valence-electron chi connectivity index (χ4n) is 2.15. The number of ether oxygens (including phenoxy) is 1. The predicted octanol–water partition coefficient (Wildman–Crippen LogP) is 2.52. The molecule has 21 heavy (non-hydrogen) atoms. The Balaban J connectivity index is 1.76. The average Bonchev–Trinajstić information content (AvgIpc) is 3.23. The molecule has 0 bridgehead atoms. The molecule has 7 nitrogen and oxygen atoms in total. The number of aromatic nitrogens is 2. The first-order valence-corrected chi connectivity index (χ1v) is 6.56. The summed E-state index contributed by atoms with van der Waals surface area (Å²) in [6.07, 6.45) is 6.33. The van der Waals surface area contributed by atoms with Crippen LogP contribution < -0.4 is 4.74 Å². The van der Waals surface area contributed by atoms with Crippen molar-refractivity contribution in [3.05, 3.63) is 52.1 Å². The van der Waals surface area contributed by atoms with E-state index in [0.29, 0.717) is 18.1 Å². The van der Waals surface area contributed by atoms with Crippen LogP contribution in [0.4, 0.5) is 5.69 Å². The van der Waals surface area contributed by atoms with Crippen molar-refractivity contribution in [3.63, 3.8) is 0 Å². The van der Waals surface area contributed by atoms with Crippen molar-refractivity contribution in [1.82, 2.24) is 9.55 Å². The first-order chi connectivity index (χ1) is 10.2. The highest BCUT2D eigenvalue weighted by atomic mass is 16.6. The topological polar surface area (TPSA) is 87.3 Å². The minimum Gasteiger partial charge on any atom is -0.487 e. The van der Waals surface area contributed by atoms with E-state index in [9.17, 15) is 14.9 Å². The lowest BCUT2D eigenvalue weighted by Crippen LogP contribution is -2.05. The van der Waals surface area contributed by atoms with E-state index in [2.05, 4.69) is 9.55 Å². The van der Waals surface area contributed by atoms with E-state index >= 15 is 0 Å². The molecule has 0 atom stereocenters. The molecule has 1 saturated carbocycles. The molecule has 0 unspecified atom stereocenters. The van der Waals surface area contributed by atoms with Gasteiger partial charge < -0.3 is 9.30 Å². The molecular weight excluding hydrogens is 274 g/mol. The number of nitro benzene ring substituents is 1. The zero-order chi connectivity index (χ0) is 14.8. The van der Waals surface area contributed by atoms with Crippen molar-refractivity contribution in [1.29, 1.82) is 0 Å². The summed E-state index contributed by atoms with van der Waals surface area (Å²) >= 11 is 0. The van der Waals surface area contributed by atoms with Gasteiger partial charge in [0.15, 0.2) is 6.29 Å². The van der Waals surface area contributed by atoms with Crippen molar-refractivity contribution in [2.24, 2.45) is 0 Å². The van der Waals surface area contributed by atoms with Crippen LogP contribution in [0.25, 0.3) is 0 Å². The van der Waals surface area contributed by atoms with E-state index in [0.717, 1.165) is 18.5 Å². The lowest BCUT2D eigenvalue weighted by molar-refractivity contribution is -0.384. The summed E-state index contributed by atoms with van der Waals surface area (Å²) in [5.74, 6) is 0.333. The number of carbonyl (C=O) groups excluding carboxylic acids is 1. The maximum Gasteiger partial charge on any atom is 0.270 e. The Hall–Kier alpha value is -2.70. The van der Waals surface area contributed by atoms with E-state index in [-0.39, 0.29) is 17.9 Å². The SMILES string of the molecule is O=Cc1cc([N+](=O)[O-])ccc1OCc1cncn1C1CC1. The van der Waals surface area contributed by atoms with Crippen LogP contribution in [-0.4, -0.2) is 20.8 Å². The Morgan fingerprint density at radius 1 is 1.48 bits per heavy atom. The second-order valence-electron chi connectivity index (χ2n) is 4.91. The van der Waals surface area contributed by atoms with Crippen molar-refractivity contribution >= 4 is 12.0 Å². The molecule has 3 rings (SSSR count). The largest absolute Gasteiger partial charge is 0.487 e. The minimum absolute atomic E-state index is 0.132. The van der Waals surface area contributed by atoms with E-state index in [1.165, 1.54) is 18.2 Å². The first kappa shape index (κ1) is 13.3. The molecule has 1 aliphatic rings. The maximum atomic E-state index is 11.0. The van der Waals surface area contributed by atoms with Crippen molar-refractivity contribution in [2.45, 2.75) is 25.5 Å². The molecule has 7 heteroatoms. The molecule has 108 valence electrons. The summed E-state index contributed by atoms with van der Waals surface area (Å²) in [4.78, 5) is 25.3. The number of benzene rings is 1. The summed E-state index contributed by atoms with van der Waals surface area (Å²) < 4.78 is 7.67. The van der Waals surface area contributed by atoms with Crippen molar-refractivity contribution in [2.75, 3.05) is 0 Å². The zero-order valence-electron chi connectivity index (χ0n) is 11.1. The standard InChI is InChI=1S/C14H13N3O4/c18-7-10-5-12(17(19)20)3-4-14(10)21-8-13-6-15-9-16(13)11-1-2-11/h3-7,9,11H,1-2,8H2. The van der Waals surface area contributed by atoms with Crippen molar-refractivity contribution < 1.29 is 14.5 Å². The highest BCUT2D eigenvalue weighted by Crippen LogP contribution is 2.35. The summed E-state index contributed by atoms with van der Waals surface area (Å²) in [6.45, 7) is 0.273. The number of hydrogen-bond acceptors (Lipinski definition) is 5. The van der Waals surface area contributed by atoms with Crippen LogP contribution in [0.15, 0.2) is 30.7 Å². The number of aldehydes is 1. The van der Waals surface area contributed by atoms with E-state index in [4.69, 9.17) is 4.74 Å². The molecule has 0 spiro atoms. The number of hydrogen-bond donors (Lipinski definition) is 0. The summed E-state index contributed by atoms with van der Waals surface area (Å²) in [7, 11) is 0. The lowest BCUT2D eigenvalue weighted by Gasteiger charge is -2.10. The van der Waals surface area contributed by atoms with Crippen LogP contribution in [0, 0.1) is 10.1 Å². The highest BCUT2D eigenvalue weighted by Gasteiger charge is 2.25. The Morgan fingerprint density at radius 3 is 2.95 bits per heavy atom. The fourth-order valence-corrected chi connectivity index (χ4v) is 2.15. The van der Waals surface area contributed by atoms with Crippen LogP contribution in [0.1, 0.15) is 34.9 Å². The Bertz CT molecular complexity index is 691. The van der Waals surface area contributed by atoms with Gasteiger partial charge in [-0.3, -0.25) is 14.9 Å². The van der Waals surface area contributed by atoms with Gasteiger partial charge in [0.1, 0.15) is 12.4 Å². The first-order valence-electron chi connectivity index (χ1n) is 6.56. The van der Waals surface area contributed by atoms with Crippen LogP contribution in [0.2, 0.25) is 0 Å². The van der Waals surface area contributed by atoms with Crippen LogP contribution in [0.3, 0.4) is 0 Å². The van der Waals surface area contributed by atoms with E-state index in [1.54, 1.807) is 12.5 Å². The van der Waals surface area contributed by atoms with Gasteiger partial charge >= 0.3 is 0 Å². The van der Waals surface area contributed by atoms with Gasteiger partial charge in [0.25, 0.3) is 5.69 Å². The molecule has 0 radical (unpaired) electrons. The quantitative estimate of drug-likeness (QED) is 0.463. The second kappa shape index (κ2) is 5.35. The van der Waals surface area contributed by atoms with Gasteiger partial charge in [-0.2, -0.15) is 0 Å². The van der Waals surface area contributed by atoms with Gasteiger partial charge in [0, 0.05) is 18.2 Å². The van der Waals surface area contributed by atoms with E-state index < -0.39 is 4.92 Å². The molecule has 1 aromatic heterocycles. The highest BCUT2D eigenvalue weighted by molar-refractivity contribution is 5.80. The second-order valence-corrected chi connectivity index (χ2v) is 4.91. The van der Waals surface area contributed by atoms with Gasteiger partial charge in [-0.15, -0.1) is 0 Å². The summed E-state index contributed by atoms with van der Waals surface area (Å²) in [6, 6.07) is 4.47. The molecule has 1 aromatic carbocycles. The molecule has 1 heterocycles. The predicted molar refractivity (Wildman–Crippen MR) is 73.3 cm³/mol. The molecule has 2 aromatic rings. The van der Waals surface area contributed by atoms with Crippen LogP contribution >= 0.6 is 0 Å². The smallest absolute Gasteiger partial charge is 0.270 e. The Kier molecular flexibility index (Phi) is 3.39. The van der Waals surface area contributed by atoms with E-state index in [1.807, 2.05) is 0 Å². The van der Waals surface area contributed by atoms with Gasteiger partial charge in [-0.25, -0.2) is 4.98 Å². The normalized spacial score (nSPS) is 13.9. The van der Waals surface area contributed by atoms with Crippen molar-refractivity contribution in [3.8, 4) is 5.75 Å². The number of nitrogens with zero attached hydrogens (tertiary/aromatic N) is 3. The molecular formula is C14H13N3O4. The van der Waals surface area contributed by atoms with Gasteiger partial charge in [-0.1, -0.05) is 0 Å². The number of imidazole rings is 1. The molecule has 0 saturated heterocycles. The van der Waals surface area contributed by atoms with Crippen LogP contribution in [0.5, 0.6) is 5.75 Å². The molecule has 0 amide bonds. The fraction of sp³-hybridized carbons (Fsp3) is 0.286. The third-order valence-corrected chi connectivity index (χ3v) is 3.39. The Morgan fingerprint density at radius 2 is 2.29 bits per heavy atom. The number of non-ortho nitro benzene ring substituents is 1. The summed E-state index contributed by atoms with van der Waals surface area (Å²) in [5.41, 5.74) is 0.960. The maximum absolute atomic E-state index is 11.0. The summed E-state index contributed by atoms with van der Waals surface area (Å²) in [5, 5.41) is 10.7. The van der Waals surface area contributed by atoms with Gasteiger partial charge in [-0.05, 0) is 18.9 Å². The van der Waals surface area contributed by atoms with Gasteiger partial charge in [0.2, 0.25) is 0 Å². The third kappa shape index (κ3) is 2.76. The molecule has 0 aliphatic heterocycles. The molecule has 1 fully saturated rings. The van der Waals surface area contributed by atoms with Crippen LogP contribution in [-0.2, 0) is 6.61 Å².